The molecule has 1 unspecified atom stereocenters. The Morgan fingerprint density at radius 2 is 1.85 bits per heavy atom. The summed E-state index contributed by atoms with van der Waals surface area (Å²) in [5.74, 6) is 0.268. The molecule has 0 spiro atoms. The Morgan fingerprint density at radius 1 is 1.13 bits per heavy atom. The van der Waals surface area contributed by atoms with Gasteiger partial charge in [-0.25, -0.2) is 4.79 Å². The fourth-order valence-corrected chi connectivity index (χ4v) is 6.23. The zero-order valence-corrected chi connectivity index (χ0v) is 23.3. The molecule has 0 bridgehead atoms. The van der Waals surface area contributed by atoms with Crippen LogP contribution in [-0.2, 0) is 4.74 Å². The molecule has 2 fully saturated rings. The van der Waals surface area contributed by atoms with Crippen LogP contribution in [0.15, 0.2) is 52.3 Å². The van der Waals surface area contributed by atoms with Crippen LogP contribution in [-0.4, -0.2) is 55.9 Å². The number of furan rings is 1. The van der Waals surface area contributed by atoms with Gasteiger partial charge < -0.3 is 19.0 Å². The van der Waals surface area contributed by atoms with Gasteiger partial charge in [-0.15, -0.1) is 4.91 Å². The van der Waals surface area contributed by atoms with Crippen molar-refractivity contribution in [2.45, 2.75) is 83.3 Å². The van der Waals surface area contributed by atoms with E-state index in [1.165, 1.54) is 26.4 Å². The first kappa shape index (κ1) is 28.8. The zero-order valence-electron chi connectivity index (χ0n) is 23.3. The third-order valence-corrected chi connectivity index (χ3v) is 8.60. The van der Waals surface area contributed by atoms with Gasteiger partial charge in [-0.1, -0.05) is 37.0 Å². The van der Waals surface area contributed by atoms with E-state index in [9.17, 15) is 14.5 Å². The lowest BCUT2D eigenvalue weighted by atomic mass is 9.68. The molecule has 1 saturated carbocycles. The maximum atomic E-state index is 13.4. The van der Waals surface area contributed by atoms with E-state index in [0.29, 0.717) is 12.2 Å². The largest absolute Gasteiger partial charge is 0.459 e. The molecule has 39 heavy (non-hydrogen) atoms. The molecule has 1 aromatic carbocycles. The number of amides is 2. The molecule has 2 heterocycles. The van der Waals surface area contributed by atoms with Gasteiger partial charge in [0.2, 0.25) is 0 Å². The van der Waals surface area contributed by atoms with Crippen LogP contribution in [0.5, 0.6) is 0 Å². The first-order valence-corrected chi connectivity index (χ1v) is 14.3. The van der Waals surface area contributed by atoms with Gasteiger partial charge in [0.15, 0.2) is 11.9 Å². The number of benzene rings is 1. The fraction of sp³-hybridized carbons (Fsp3) is 0.600. The van der Waals surface area contributed by atoms with Gasteiger partial charge in [-0.05, 0) is 93.3 Å². The van der Waals surface area contributed by atoms with Crippen LogP contribution >= 0.6 is 0 Å². The predicted molar refractivity (Wildman–Crippen MR) is 151 cm³/mol. The lowest BCUT2D eigenvalue weighted by Gasteiger charge is -2.42. The van der Waals surface area contributed by atoms with Crippen molar-refractivity contribution in [3.8, 4) is 0 Å². The highest BCUT2D eigenvalue weighted by Crippen LogP contribution is 2.44. The lowest BCUT2D eigenvalue weighted by molar-refractivity contribution is 0.0913. The second-order valence-corrected chi connectivity index (χ2v) is 11.2. The third kappa shape index (κ3) is 7.68. The second-order valence-electron chi connectivity index (χ2n) is 11.2. The third-order valence-electron chi connectivity index (χ3n) is 8.60. The highest BCUT2D eigenvalue weighted by atomic mass is 16.5. The smallest absolute Gasteiger partial charge is 0.408 e. The van der Waals surface area contributed by atoms with Crippen LogP contribution < -0.4 is 10.2 Å². The number of carbonyl (C=O) groups excluding carboxylic acids is 2. The number of nitrogens with zero attached hydrogens (tertiary/aromatic N) is 3. The van der Waals surface area contributed by atoms with E-state index in [4.69, 9.17) is 4.42 Å². The summed E-state index contributed by atoms with van der Waals surface area (Å²) in [7, 11) is 1.29. The minimum Gasteiger partial charge on any atom is -0.459 e. The van der Waals surface area contributed by atoms with E-state index in [0.717, 1.165) is 69.4 Å². The monoisotopic (exact) mass is 538 g/mol. The molecule has 2 aromatic rings. The average molecular weight is 539 g/mol. The van der Waals surface area contributed by atoms with Crippen LogP contribution in [0.25, 0.3) is 0 Å². The molecule has 1 N–H and O–H groups in total. The number of nitrogens with one attached hydrogen (secondary N) is 1. The molecule has 9 heteroatoms. The first-order valence-electron chi connectivity index (χ1n) is 14.3. The Morgan fingerprint density at radius 3 is 2.46 bits per heavy atom. The molecule has 212 valence electrons. The number of rotatable bonds is 11. The maximum Gasteiger partial charge on any atom is 0.408 e. The molecule has 1 saturated heterocycles. The number of anilines is 1. The molecular weight excluding hydrogens is 496 g/mol. The number of carbonyl (C=O) groups is 2. The summed E-state index contributed by atoms with van der Waals surface area (Å²) < 4.78 is 10.1. The Bertz CT molecular complexity index is 1060. The normalized spacial score (nSPS) is 18.7. The van der Waals surface area contributed by atoms with E-state index in [1.54, 1.807) is 18.4 Å². The molecule has 1 aliphatic carbocycles. The minimum absolute atomic E-state index is 0.0950. The summed E-state index contributed by atoms with van der Waals surface area (Å²) in [4.78, 5) is 40.7. The van der Waals surface area contributed by atoms with Crippen LogP contribution in [0.1, 0.15) is 80.3 Å². The highest BCUT2D eigenvalue weighted by molar-refractivity contribution is 6.04. The van der Waals surface area contributed by atoms with Crippen molar-refractivity contribution >= 4 is 17.7 Å². The van der Waals surface area contributed by atoms with Gasteiger partial charge >= 0.3 is 6.09 Å². The molecule has 1 aliphatic heterocycles. The Labute approximate surface area is 231 Å². The van der Waals surface area contributed by atoms with E-state index in [1.807, 2.05) is 36.1 Å². The number of aryl methyl sites for hydroxylation is 1. The van der Waals surface area contributed by atoms with Gasteiger partial charge in [-0.3, -0.25) is 10.1 Å². The SMILES string of the molecule is COC(=O)NC(CCC1(CCN2CCC(N(C(=O)c3ccco3)c3ccc(C)cc3)CC2)CCCCC1)N=O. The zero-order chi connectivity index (χ0) is 27.7. The fourth-order valence-electron chi connectivity index (χ4n) is 6.23. The Balaban J connectivity index is 1.35. The quantitative estimate of drug-likeness (QED) is 0.338. The van der Waals surface area contributed by atoms with Crippen LogP contribution in [0.2, 0.25) is 0 Å². The van der Waals surface area contributed by atoms with Crippen LogP contribution in [0.3, 0.4) is 0 Å². The number of methoxy groups -OCH3 is 1. The summed E-state index contributed by atoms with van der Waals surface area (Å²) in [5, 5.41) is 5.66. The van der Waals surface area contributed by atoms with E-state index < -0.39 is 12.3 Å². The molecule has 4 rings (SSSR count). The number of ether oxygens (including phenoxy) is 1. The molecule has 2 amide bonds. The second kappa shape index (κ2) is 13.7. The average Bonchev–Trinajstić information content (AvgIpc) is 3.52. The lowest BCUT2D eigenvalue weighted by Crippen LogP contribution is -2.48. The molecule has 1 aromatic heterocycles. The van der Waals surface area contributed by atoms with Crippen molar-refractivity contribution < 1.29 is 18.7 Å². The van der Waals surface area contributed by atoms with Crippen molar-refractivity contribution in [3.63, 3.8) is 0 Å². The Kier molecular flexibility index (Phi) is 10.1. The summed E-state index contributed by atoms with van der Waals surface area (Å²) >= 11 is 0. The highest BCUT2D eigenvalue weighted by Gasteiger charge is 2.35. The minimum atomic E-state index is -0.758. The van der Waals surface area contributed by atoms with Crippen molar-refractivity contribution in [3.05, 3.63) is 58.9 Å². The molecule has 9 nitrogen and oxygen atoms in total. The standard InChI is InChI=1S/C30H42N4O5/c1-23-8-10-24(11-9-23)34(28(35)26-7-6-22-39-26)25-13-19-33(20-14-25)21-18-30(15-4-3-5-16-30)17-12-27(32-37)31-29(36)38-2/h6-11,22,25,27H,3-5,12-21H2,1-2H3,(H,31,36). The number of likely N-dealkylation sites (tertiary alicyclic amines) is 1. The number of hydrogen-bond acceptors (Lipinski definition) is 7. The van der Waals surface area contributed by atoms with Gasteiger partial charge in [0, 0.05) is 24.8 Å². The van der Waals surface area contributed by atoms with E-state index in [2.05, 4.69) is 20.1 Å². The summed E-state index contributed by atoms with van der Waals surface area (Å²) in [6.45, 7) is 4.90. The van der Waals surface area contributed by atoms with Gasteiger partial charge in [-0.2, -0.15) is 0 Å². The first-order chi connectivity index (χ1) is 18.9. The predicted octanol–water partition coefficient (Wildman–Crippen LogP) is 6.27. The summed E-state index contributed by atoms with van der Waals surface area (Å²) in [6.07, 6.45) is 10.4. The Hall–Kier alpha value is -3.20. The van der Waals surface area contributed by atoms with Crippen molar-refractivity contribution in [1.82, 2.24) is 10.2 Å². The van der Waals surface area contributed by atoms with Crippen molar-refractivity contribution in [2.24, 2.45) is 10.6 Å². The van der Waals surface area contributed by atoms with Gasteiger partial charge in [0.25, 0.3) is 5.91 Å². The number of nitroso groups, excluding NO2 is 1. The van der Waals surface area contributed by atoms with E-state index in [-0.39, 0.29) is 17.4 Å². The molecule has 1 atom stereocenters. The summed E-state index contributed by atoms with van der Waals surface area (Å²) in [6, 6.07) is 11.7. The van der Waals surface area contributed by atoms with Crippen molar-refractivity contribution in [1.29, 1.82) is 0 Å². The molecule has 2 aliphatic rings. The topological polar surface area (TPSA) is 104 Å². The summed E-state index contributed by atoms with van der Waals surface area (Å²) in [5.41, 5.74) is 2.23. The van der Waals surface area contributed by atoms with Gasteiger partial charge in [0.1, 0.15) is 0 Å². The van der Waals surface area contributed by atoms with E-state index >= 15 is 0 Å². The van der Waals surface area contributed by atoms with Gasteiger partial charge in [0.05, 0.1) is 13.4 Å². The van der Waals surface area contributed by atoms with Crippen LogP contribution in [0.4, 0.5) is 10.5 Å². The van der Waals surface area contributed by atoms with Crippen LogP contribution in [0, 0.1) is 17.2 Å². The number of hydrogen-bond donors (Lipinski definition) is 1. The van der Waals surface area contributed by atoms with Crippen molar-refractivity contribution in [2.75, 3.05) is 31.6 Å². The molecular formula is C30H42N4O5. The number of alkyl carbamates (subject to hydrolysis) is 1. The number of piperidine rings is 1. The maximum absolute atomic E-state index is 13.4. The molecule has 0 radical (unpaired) electrons.